The van der Waals surface area contributed by atoms with Crippen LogP contribution in [0.2, 0.25) is 0 Å². The largest absolute Gasteiger partial charge is 0.312 e. The normalized spacial score (nSPS) is 10.5. The van der Waals surface area contributed by atoms with E-state index in [1.807, 2.05) is 36.1 Å². The smallest absolute Gasteiger partial charge is 0.190 e. The third-order valence-corrected chi connectivity index (χ3v) is 3.08. The standard InChI is InChI=1S/C10H12N4S/c1-14-8-12-13-10(14)15-7-4-9-2-5-11-6-3-9/h2-3,5-6,8H,4,7H2,1H3. The average molecular weight is 220 g/mol. The lowest BCUT2D eigenvalue weighted by molar-refractivity contribution is 0.788. The van der Waals surface area contributed by atoms with Crippen molar-refractivity contribution in [2.75, 3.05) is 5.75 Å². The van der Waals surface area contributed by atoms with Crippen LogP contribution in [0.4, 0.5) is 0 Å². The summed E-state index contributed by atoms with van der Waals surface area (Å²) in [5, 5.41) is 8.80. The summed E-state index contributed by atoms with van der Waals surface area (Å²) in [6.07, 6.45) is 6.39. The highest BCUT2D eigenvalue weighted by Gasteiger charge is 2.00. The Morgan fingerprint density at radius 1 is 1.33 bits per heavy atom. The summed E-state index contributed by atoms with van der Waals surface area (Å²) in [4.78, 5) is 3.98. The molecule has 15 heavy (non-hydrogen) atoms. The monoisotopic (exact) mass is 220 g/mol. The molecule has 0 aliphatic rings. The van der Waals surface area contributed by atoms with Crippen LogP contribution in [0.1, 0.15) is 5.56 Å². The quantitative estimate of drug-likeness (QED) is 0.733. The SMILES string of the molecule is Cn1cnnc1SCCc1ccncc1. The number of pyridine rings is 1. The molecule has 2 rings (SSSR count). The van der Waals surface area contributed by atoms with Crippen LogP contribution in [0.15, 0.2) is 36.0 Å². The average Bonchev–Trinajstić information content (AvgIpc) is 2.66. The van der Waals surface area contributed by atoms with Gasteiger partial charge in [-0.15, -0.1) is 10.2 Å². The molecule has 0 spiro atoms. The topological polar surface area (TPSA) is 43.6 Å². The zero-order chi connectivity index (χ0) is 10.5. The van der Waals surface area contributed by atoms with E-state index in [4.69, 9.17) is 0 Å². The highest BCUT2D eigenvalue weighted by atomic mass is 32.2. The number of hydrogen-bond donors (Lipinski definition) is 0. The van der Waals surface area contributed by atoms with Gasteiger partial charge in [0.15, 0.2) is 5.16 Å². The molecule has 5 heteroatoms. The fourth-order valence-corrected chi connectivity index (χ4v) is 2.09. The lowest BCUT2D eigenvalue weighted by Gasteiger charge is -2.00. The van der Waals surface area contributed by atoms with Crippen LogP contribution in [0.3, 0.4) is 0 Å². The molecule has 0 saturated heterocycles. The van der Waals surface area contributed by atoms with E-state index in [1.165, 1.54) is 5.56 Å². The fraction of sp³-hybridized carbons (Fsp3) is 0.300. The minimum Gasteiger partial charge on any atom is -0.312 e. The molecule has 0 radical (unpaired) electrons. The Labute approximate surface area is 92.8 Å². The Hall–Kier alpha value is -1.36. The molecule has 2 heterocycles. The van der Waals surface area contributed by atoms with Crippen molar-refractivity contribution in [3.05, 3.63) is 36.4 Å². The highest BCUT2D eigenvalue weighted by Crippen LogP contribution is 2.14. The third-order valence-electron chi connectivity index (χ3n) is 2.04. The number of thioether (sulfide) groups is 1. The molecule has 78 valence electrons. The Morgan fingerprint density at radius 3 is 2.80 bits per heavy atom. The predicted octanol–water partition coefficient (Wildman–Crippen LogP) is 1.54. The van der Waals surface area contributed by atoms with Gasteiger partial charge >= 0.3 is 0 Å². The van der Waals surface area contributed by atoms with E-state index in [0.29, 0.717) is 0 Å². The second kappa shape index (κ2) is 4.93. The highest BCUT2D eigenvalue weighted by molar-refractivity contribution is 7.99. The van der Waals surface area contributed by atoms with Crippen molar-refractivity contribution in [2.24, 2.45) is 7.05 Å². The summed E-state index contributed by atoms with van der Waals surface area (Å²) < 4.78 is 1.93. The van der Waals surface area contributed by atoms with Gasteiger partial charge in [0, 0.05) is 25.2 Å². The predicted molar refractivity (Wildman–Crippen MR) is 59.7 cm³/mol. The van der Waals surface area contributed by atoms with Crippen molar-refractivity contribution in [1.82, 2.24) is 19.7 Å². The number of nitrogens with zero attached hydrogens (tertiary/aromatic N) is 4. The number of hydrogen-bond acceptors (Lipinski definition) is 4. The van der Waals surface area contributed by atoms with E-state index < -0.39 is 0 Å². The fourth-order valence-electron chi connectivity index (χ4n) is 1.21. The zero-order valence-corrected chi connectivity index (χ0v) is 9.31. The summed E-state index contributed by atoms with van der Waals surface area (Å²) in [7, 11) is 1.95. The Morgan fingerprint density at radius 2 is 2.13 bits per heavy atom. The molecule has 4 nitrogen and oxygen atoms in total. The van der Waals surface area contributed by atoms with Crippen molar-refractivity contribution < 1.29 is 0 Å². The van der Waals surface area contributed by atoms with Gasteiger partial charge in [-0.25, -0.2) is 0 Å². The van der Waals surface area contributed by atoms with Crippen LogP contribution >= 0.6 is 11.8 Å². The van der Waals surface area contributed by atoms with Crippen LogP contribution < -0.4 is 0 Å². The van der Waals surface area contributed by atoms with Gasteiger partial charge in [0.25, 0.3) is 0 Å². The van der Waals surface area contributed by atoms with E-state index in [9.17, 15) is 0 Å². The molecule has 0 amide bonds. The van der Waals surface area contributed by atoms with E-state index in [-0.39, 0.29) is 0 Å². The molecular formula is C10H12N4S. The number of aromatic nitrogens is 4. The van der Waals surface area contributed by atoms with Gasteiger partial charge < -0.3 is 4.57 Å². The van der Waals surface area contributed by atoms with Crippen LogP contribution in [-0.4, -0.2) is 25.5 Å². The molecule has 0 aromatic carbocycles. The first-order valence-electron chi connectivity index (χ1n) is 4.72. The number of aryl methyl sites for hydroxylation is 2. The molecule has 0 fully saturated rings. The van der Waals surface area contributed by atoms with Crippen molar-refractivity contribution in [1.29, 1.82) is 0 Å². The van der Waals surface area contributed by atoms with E-state index in [2.05, 4.69) is 15.2 Å². The van der Waals surface area contributed by atoms with Crippen molar-refractivity contribution in [3.8, 4) is 0 Å². The zero-order valence-electron chi connectivity index (χ0n) is 8.50. The van der Waals surface area contributed by atoms with Gasteiger partial charge in [-0.1, -0.05) is 11.8 Å². The molecular weight excluding hydrogens is 208 g/mol. The molecule has 0 bridgehead atoms. The van der Waals surface area contributed by atoms with Crippen LogP contribution in [0.25, 0.3) is 0 Å². The summed E-state index contributed by atoms with van der Waals surface area (Å²) in [5.74, 6) is 1.01. The lowest BCUT2D eigenvalue weighted by atomic mass is 10.2. The second-order valence-electron chi connectivity index (χ2n) is 3.18. The summed E-state index contributed by atoms with van der Waals surface area (Å²) in [6, 6.07) is 4.08. The first-order valence-corrected chi connectivity index (χ1v) is 5.70. The number of rotatable bonds is 4. The molecule has 0 unspecified atom stereocenters. The maximum Gasteiger partial charge on any atom is 0.190 e. The lowest BCUT2D eigenvalue weighted by Crippen LogP contribution is -1.93. The Bertz CT molecular complexity index is 412. The maximum atomic E-state index is 4.01. The molecule has 0 atom stereocenters. The minimum absolute atomic E-state index is 0.962. The molecule has 0 saturated carbocycles. The van der Waals surface area contributed by atoms with Crippen molar-refractivity contribution in [2.45, 2.75) is 11.6 Å². The van der Waals surface area contributed by atoms with Gasteiger partial charge in [-0.2, -0.15) is 0 Å². The van der Waals surface area contributed by atoms with Crippen LogP contribution in [-0.2, 0) is 13.5 Å². The van der Waals surface area contributed by atoms with Gasteiger partial charge in [0.2, 0.25) is 0 Å². The third kappa shape index (κ3) is 2.79. The minimum atomic E-state index is 0.962. The van der Waals surface area contributed by atoms with E-state index in [1.54, 1.807) is 18.1 Å². The maximum absolute atomic E-state index is 4.01. The molecule has 2 aromatic rings. The Balaban J connectivity index is 1.83. The van der Waals surface area contributed by atoms with Crippen molar-refractivity contribution in [3.63, 3.8) is 0 Å². The summed E-state index contributed by atoms with van der Waals surface area (Å²) in [6.45, 7) is 0. The summed E-state index contributed by atoms with van der Waals surface area (Å²) >= 11 is 1.72. The molecule has 0 N–H and O–H groups in total. The van der Waals surface area contributed by atoms with Crippen LogP contribution in [0, 0.1) is 0 Å². The first kappa shape index (κ1) is 10.2. The van der Waals surface area contributed by atoms with E-state index >= 15 is 0 Å². The second-order valence-corrected chi connectivity index (χ2v) is 4.24. The van der Waals surface area contributed by atoms with E-state index in [0.717, 1.165) is 17.3 Å². The van der Waals surface area contributed by atoms with Crippen LogP contribution in [0.5, 0.6) is 0 Å². The van der Waals surface area contributed by atoms with Gasteiger partial charge in [0.1, 0.15) is 6.33 Å². The van der Waals surface area contributed by atoms with Gasteiger partial charge in [-0.3, -0.25) is 4.98 Å². The van der Waals surface area contributed by atoms with Crippen molar-refractivity contribution >= 4 is 11.8 Å². The first-order chi connectivity index (χ1) is 7.36. The molecule has 0 aliphatic carbocycles. The molecule has 2 aromatic heterocycles. The Kier molecular flexibility index (Phi) is 3.34. The van der Waals surface area contributed by atoms with Gasteiger partial charge in [0.05, 0.1) is 0 Å². The summed E-state index contributed by atoms with van der Waals surface area (Å²) in [5.41, 5.74) is 1.31. The molecule has 0 aliphatic heterocycles. The van der Waals surface area contributed by atoms with Gasteiger partial charge in [-0.05, 0) is 24.1 Å².